The van der Waals surface area contributed by atoms with Gasteiger partial charge in [0.05, 0.1) is 12.8 Å². The van der Waals surface area contributed by atoms with Crippen molar-refractivity contribution in [3.8, 4) is 0 Å². The normalized spacial score (nSPS) is 24.8. The van der Waals surface area contributed by atoms with Crippen LogP contribution in [0.1, 0.15) is 49.7 Å². The Morgan fingerprint density at radius 3 is 2.65 bits per heavy atom. The van der Waals surface area contributed by atoms with Gasteiger partial charge in [0.25, 0.3) is 0 Å². The van der Waals surface area contributed by atoms with Crippen molar-refractivity contribution in [2.45, 2.75) is 50.8 Å². The third-order valence-corrected chi connectivity index (χ3v) is 5.29. The van der Waals surface area contributed by atoms with Crippen LogP contribution in [0.2, 0.25) is 0 Å². The molecule has 2 saturated heterocycles. The van der Waals surface area contributed by atoms with E-state index in [1.165, 1.54) is 12.7 Å². The second kappa shape index (κ2) is 7.34. The molecule has 1 N–H and O–H groups in total. The van der Waals surface area contributed by atoms with E-state index in [0.29, 0.717) is 0 Å². The standard InChI is InChI=1S/C16H26N2O4S/c1-23(19,20)17-13-7-9-18(10-8-13)12-14-5-6-16(22-14)15-4-2-3-11-21-15/h5-6,13,15,17H,2-4,7-12H2,1H3/t15-/m1/s1. The third kappa shape index (κ3) is 5.04. The Kier molecular flexibility index (Phi) is 5.41. The van der Waals surface area contributed by atoms with Gasteiger partial charge in [0, 0.05) is 25.7 Å². The second-order valence-electron chi connectivity index (χ2n) is 6.60. The number of sulfonamides is 1. The van der Waals surface area contributed by atoms with Gasteiger partial charge in [0.1, 0.15) is 17.6 Å². The van der Waals surface area contributed by atoms with E-state index in [9.17, 15) is 8.42 Å². The molecule has 23 heavy (non-hydrogen) atoms. The van der Waals surface area contributed by atoms with Crippen LogP contribution in [0.15, 0.2) is 16.5 Å². The summed E-state index contributed by atoms with van der Waals surface area (Å²) >= 11 is 0. The Morgan fingerprint density at radius 2 is 2.00 bits per heavy atom. The van der Waals surface area contributed by atoms with Crippen LogP contribution in [0, 0.1) is 0 Å². The highest BCUT2D eigenvalue weighted by atomic mass is 32.2. The molecule has 7 heteroatoms. The average Bonchev–Trinajstić information content (AvgIpc) is 2.97. The molecule has 1 atom stereocenters. The Labute approximate surface area is 138 Å². The number of rotatable bonds is 5. The summed E-state index contributed by atoms with van der Waals surface area (Å²) in [5, 5.41) is 0. The smallest absolute Gasteiger partial charge is 0.208 e. The molecule has 3 heterocycles. The maximum Gasteiger partial charge on any atom is 0.208 e. The summed E-state index contributed by atoms with van der Waals surface area (Å²) < 4.78 is 37.0. The maximum atomic E-state index is 11.3. The predicted octanol–water partition coefficient (Wildman–Crippen LogP) is 2.03. The summed E-state index contributed by atoms with van der Waals surface area (Å²) in [7, 11) is -3.11. The number of nitrogens with zero attached hydrogens (tertiary/aromatic N) is 1. The van der Waals surface area contributed by atoms with E-state index in [0.717, 1.165) is 63.4 Å². The van der Waals surface area contributed by atoms with Crippen LogP contribution in [0.4, 0.5) is 0 Å². The van der Waals surface area contributed by atoms with Crippen molar-refractivity contribution in [3.63, 3.8) is 0 Å². The first-order valence-corrected chi connectivity index (χ1v) is 10.3. The first-order valence-electron chi connectivity index (χ1n) is 8.39. The van der Waals surface area contributed by atoms with E-state index >= 15 is 0 Å². The summed E-state index contributed by atoms with van der Waals surface area (Å²) in [6, 6.07) is 4.13. The van der Waals surface area contributed by atoms with Gasteiger partial charge < -0.3 is 9.15 Å². The molecule has 0 saturated carbocycles. The summed E-state index contributed by atoms with van der Waals surface area (Å²) in [6.07, 6.45) is 6.38. The highest BCUT2D eigenvalue weighted by Crippen LogP contribution is 2.29. The fourth-order valence-electron chi connectivity index (χ4n) is 3.35. The highest BCUT2D eigenvalue weighted by molar-refractivity contribution is 7.88. The highest BCUT2D eigenvalue weighted by Gasteiger charge is 2.23. The van der Waals surface area contributed by atoms with Gasteiger partial charge in [-0.05, 0) is 44.2 Å². The van der Waals surface area contributed by atoms with Gasteiger partial charge in [-0.1, -0.05) is 0 Å². The Balaban J connectivity index is 1.48. The maximum absolute atomic E-state index is 11.3. The molecule has 6 nitrogen and oxygen atoms in total. The van der Waals surface area contributed by atoms with Gasteiger partial charge >= 0.3 is 0 Å². The first kappa shape index (κ1) is 17.0. The van der Waals surface area contributed by atoms with E-state index in [4.69, 9.17) is 9.15 Å². The number of ether oxygens (including phenoxy) is 1. The Bertz CT molecular complexity index is 599. The zero-order chi connectivity index (χ0) is 16.3. The van der Waals surface area contributed by atoms with Crippen LogP contribution < -0.4 is 4.72 Å². The van der Waals surface area contributed by atoms with Crippen molar-refractivity contribution in [1.82, 2.24) is 9.62 Å². The number of nitrogens with one attached hydrogen (secondary N) is 1. The van der Waals surface area contributed by atoms with E-state index in [2.05, 4.69) is 9.62 Å². The van der Waals surface area contributed by atoms with Crippen LogP contribution >= 0.6 is 0 Å². The molecule has 0 radical (unpaired) electrons. The molecule has 3 rings (SSSR count). The molecule has 0 unspecified atom stereocenters. The van der Waals surface area contributed by atoms with E-state index in [-0.39, 0.29) is 12.1 Å². The van der Waals surface area contributed by atoms with Gasteiger partial charge in [-0.15, -0.1) is 0 Å². The minimum atomic E-state index is -3.11. The number of hydrogen-bond acceptors (Lipinski definition) is 5. The molecule has 0 amide bonds. The number of piperidine rings is 1. The molecule has 130 valence electrons. The van der Waals surface area contributed by atoms with Crippen molar-refractivity contribution >= 4 is 10.0 Å². The lowest BCUT2D eigenvalue weighted by atomic mass is 10.1. The molecule has 2 aliphatic rings. The first-order chi connectivity index (χ1) is 11.0. The number of hydrogen-bond donors (Lipinski definition) is 1. The van der Waals surface area contributed by atoms with Gasteiger partial charge in [-0.25, -0.2) is 13.1 Å². The number of likely N-dealkylation sites (tertiary alicyclic amines) is 1. The SMILES string of the molecule is CS(=O)(=O)NC1CCN(Cc2ccc([C@H]3CCCCO3)o2)CC1. The van der Waals surface area contributed by atoms with Crippen molar-refractivity contribution < 1.29 is 17.6 Å². The quantitative estimate of drug-likeness (QED) is 0.886. The molecular formula is C16H26N2O4S. The molecular weight excluding hydrogens is 316 g/mol. The molecule has 1 aromatic heterocycles. The van der Waals surface area contributed by atoms with E-state index in [1.54, 1.807) is 0 Å². The largest absolute Gasteiger partial charge is 0.462 e. The van der Waals surface area contributed by atoms with Crippen molar-refractivity contribution in [2.75, 3.05) is 26.0 Å². The molecule has 0 bridgehead atoms. The van der Waals surface area contributed by atoms with Gasteiger partial charge in [0.2, 0.25) is 10.0 Å². The fraction of sp³-hybridized carbons (Fsp3) is 0.750. The lowest BCUT2D eigenvalue weighted by Crippen LogP contribution is -2.43. The summed E-state index contributed by atoms with van der Waals surface area (Å²) in [5.41, 5.74) is 0. The Morgan fingerprint density at radius 1 is 1.22 bits per heavy atom. The summed E-state index contributed by atoms with van der Waals surface area (Å²) in [5.74, 6) is 1.90. The van der Waals surface area contributed by atoms with Crippen molar-refractivity contribution in [3.05, 3.63) is 23.7 Å². The van der Waals surface area contributed by atoms with Crippen LogP contribution in [-0.2, 0) is 21.3 Å². The molecule has 2 aliphatic heterocycles. The van der Waals surface area contributed by atoms with Crippen LogP contribution in [0.5, 0.6) is 0 Å². The predicted molar refractivity (Wildman–Crippen MR) is 87.5 cm³/mol. The van der Waals surface area contributed by atoms with Gasteiger partial charge in [-0.2, -0.15) is 0 Å². The topological polar surface area (TPSA) is 71.8 Å². The summed E-state index contributed by atoms with van der Waals surface area (Å²) in [4.78, 5) is 2.31. The van der Waals surface area contributed by atoms with Crippen molar-refractivity contribution in [1.29, 1.82) is 0 Å². The zero-order valence-corrected chi connectivity index (χ0v) is 14.5. The minimum Gasteiger partial charge on any atom is -0.462 e. The van der Waals surface area contributed by atoms with Crippen LogP contribution in [0.25, 0.3) is 0 Å². The molecule has 2 fully saturated rings. The Hall–Kier alpha value is -0.890. The molecule has 1 aromatic rings. The lowest BCUT2D eigenvalue weighted by molar-refractivity contribution is 0.000766. The van der Waals surface area contributed by atoms with Crippen molar-refractivity contribution in [2.24, 2.45) is 0 Å². The molecule has 0 aromatic carbocycles. The minimum absolute atomic E-state index is 0.0593. The van der Waals surface area contributed by atoms with Gasteiger partial charge in [-0.3, -0.25) is 4.90 Å². The van der Waals surface area contributed by atoms with Crippen LogP contribution in [0.3, 0.4) is 0 Å². The fourth-order valence-corrected chi connectivity index (χ4v) is 4.19. The average molecular weight is 342 g/mol. The van der Waals surface area contributed by atoms with Gasteiger partial charge in [0.15, 0.2) is 0 Å². The molecule has 0 spiro atoms. The number of furan rings is 1. The van der Waals surface area contributed by atoms with E-state index < -0.39 is 10.0 Å². The second-order valence-corrected chi connectivity index (χ2v) is 8.38. The van der Waals surface area contributed by atoms with Crippen LogP contribution in [-0.4, -0.2) is 45.3 Å². The monoisotopic (exact) mass is 342 g/mol. The summed E-state index contributed by atoms with van der Waals surface area (Å²) in [6.45, 7) is 3.35. The third-order valence-electron chi connectivity index (χ3n) is 4.53. The zero-order valence-electron chi connectivity index (χ0n) is 13.7. The van der Waals surface area contributed by atoms with E-state index in [1.807, 2.05) is 12.1 Å². The lowest BCUT2D eigenvalue weighted by Gasteiger charge is -2.31. The molecule has 0 aliphatic carbocycles.